The minimum absolute atomic E-state index is 0.105. The molecule has 9 nitrogen and oxygen atoms in total. The van der Waals surface area contributed by atoms with Gasteiger partial charge in [0, 0.05) is 51.3 Å². The third-order valence-corrected chi connectivity index (χ3v) is 5.53. The highest BCUT2D eigenvalue weighted by Gasteiger charge is 2.40. The van der Waals surface area contributed by atoms with Crippen LogP contribution in [0.15, 0.2) is 18.2 Å². The molecule has 0 radical (unpaired) electrons. The van der Waals surface area contributed by atoms with Crippen molar-refractivity contribution in [2.45, 2.75) is 38.1 Å². The molecular weight excluding hydrogens is 433 g/mol. The van der Waals surface area contributed by atoms with Gasteiger partial charge in [0.25, 0.3) is 5.91 Å². The van der Waals surface area contributed by atoms with Gasteiger partial charge in [-0.25, -0.2) is 4.79 Å². The van der Waals surface area contributed by atoms with E-state index in [2.05, 4.69) is 21.6 Å². The fraction of sp³-hybridized carbons (Fsp3) is 0.500. The number of aliphatic carboxylic acids is 1. The number of hydrogen-bond acceptors (Lipinski definition) is 6. The number of halogens is 3. The molecule has 0 saturated carbocycles. The maximum absolute atomic E-state index is 12.8. The number of benzene rings is 1. The normalized spacial score (nSPS) is 21.5. The summed E-state index contributed by atoms with van der Waals surface area (Å²) >= 11 is 0. The van der Waals surface area contributed by atoms with Crippen molar-refractivity contribution < 1.29 is 37.5 Å². The van der Waals surface area contributed by atoms with Gasteiger partial charge in [-0.3, -0.25) is 24.6 Å². The van der Waals surface area contributed by atoms with Crippen LogP contribution in [0.3, 0.4) is 0 Å². The number of rotatable bonds is 3. The smallest absolute Gasteiger partial charge is 0.475 e. The van der Waals surface area contributed by atoms with Crippen LogP contribution >= 0.6 is 0 Å². The van der Waals surface area contributed by atoms with Gasteiger partial charge in [0.2, 0.25) is 11.8 Å². The quantitative estimate of drug-likeness (QED) is 0.567. The van der Waals surface area contributed by atoms with Crippen LogP contribution in [0, 0.1) is 0 Å². The van der Waals surface area contributed by atoms with Gasteiger partial charge < -0.3 is 15.3 Å². The Hall–Kier alpha value is -2.99. The average Bonchev–Trinajstić information content (AvgIpc) is 3.06. The number of amides is 3. The van der Waals surface area contributed by atoms with Crippen LogP contribution in [0.25, 0.3) is 0 Å². The maximum Gasteiger partial charge on any atom is 0.490 e. The van der Waals surface area contributed by atoms with Crippen LogP contribution in [-0.2, 0) is 27.5 Å². The molecule has 32 heavy (non-hydrogen) atoms. The molecule has 4 rings (SSSR count). The zero-order chi connectivity index (χ0) is 23.5. The van der Waals surface area contributed by atoms with E-state index in [1.54, 1.807) is 4.90 Å². The van der Waals surface area contributed by atoms with Gasteiger partial charge in [0.1, 0.15) is 6.04 Å². The van der Waals surface area contributed by atoms with E-state index >= 15 is 0 Å². The average molecular weight is 456 g/mol. The van der Waals surface area contributed by atoms with Crippen molar-refractivity contribution in [3.63, 3.8) is 0 Å². The number of carboxylic acid groups (broad SMARTS) is 1. The predicted molar refractivity (Wildman–Crippen MR) is 104 cm³/mol. The number of hydrogen-bond donors (Lipinski definition) is 3. The lowest BCUT2D eigenvalue weighted by molar-refractivity contribution is -0.192. The zero-order valence-corrected chi connectivity index (χ0v) is 17.1. The van der Waals surface area contributed by atoms with Crippen LogP contribution < -0.4 is 10.6 Å². The molecule has 3 amide bonds. The number of piperidine rings is 1. The van der Waals surface area contributed by atoms with Gasteiger partial charge in [-0.1, -0.05) is 12.1 Å². The molecule has 174 valence electrons. The number of piperazine rings is 1. The van der Waals surface area contributed by atoms with Crippen molar-refractivity contribution in [2.24, 2.45) is 0 Å². The lowest BCUT2D eigenvalue weighted by Crippen LogP contribution is -2.52. The van der Waals surface area contributed by atoms with E-state index in [1.807, 2.05) is 12.1 Å². The minimum atomic E-state index is -5.08. The third kappa shape index (κ3) is 5.43. The SMILES string of the molecule is O=C(O)C(F)(F)F.O=C1CCC(N2Cc3c(CN4CCNCC4)cccc3C2=O)C(=O)N1. The lowest BCUT2D eigenvalue weighted by atomic mass is 10.0. The molecule has 3 N–H and O–H groups in total. The second-order valence-electron chi connectivity index (χ2n) is 7.67. The van der Waals surface area contributed by atoms with E-state index in [9.17, 15) is 27.6 Å². The molecule has 0 aromatic heterocycles. The number of imide groups is 1. The molecule has 3 aliphatic rings. The first-order valence-corrected chi connectivity index (χ1v) is 10.1. The molecule has 12 heteroatoms. The second kappa shape index (κ2) is 9.65. The topological polar surface area (TPSA) is 119 Å². The second-order valence-corrected chi connectivity index (χ2v) is 7.67. The molecule has 2 fully saturated rings. The van der Waals surface area contributed by atoms with Crippen LogP contribution in [0.5, 0.6) is 0 Å². The number of fused-ring (bicyclic) bond motifs is 1. The van der Waals surface area contributed by atoms with Gasteiger partial charge in [0.05, 0.1) is 0 Å². The van der Waals surface area contributed by atoms with Crippen LogP contribution in [0.1, 0.15) is 34.3 Å². The van der Waals surface area contributed by atoms with Crippen molar-refractivity contribution in [3.05, 3.63) is 34.9 Å². The molecule has 0 aliphatic carbocycles. The molecule has 2 saturated heterocycles. The number of nitrogens with zero attached hydrogens (tertiary/aromatic N) is 2. The Balaban J connectivity index is 0.000000360. The highest BCUT2D eigenvalue weighted by atomic mass is 19.4. The summed E-state index contributed by atoms with van der Waals surface area (Å²) in [4.78, 5) is 49.2. The van der Waals surface area contributed by atoms with E-state index in [0.717, 1.165) is 43.9 Å². The molecule has 1 aromatic rings. The number of carbonyl (C=O) groups is 4. The Morgan fingerprint density at radius 1 is 1.16 bits per heavy atom. The minimum Gasteiger partial charge on any atom is -0.475 e. The van der Waals surface area contributed by atoms with Crippen molar-refractivity contribution in [2.75, 3.05) is 26.2 Å². The van der Waals surface area contributed by atoms with E-state index in [4.69, 9.17) is 9.90 Å². The zero-order valence-electron chi connectivity index (χ0n) is 17.1. The van der Waals surface area contributed by atoms with Crippen LogP contribution in [-0.4, -0.2) is 77.0 Å². The summed E-state index contributed by atoms with van der Waals surface area (Å²) in [6, 6.07) is 5.28. The Morgan fingerprint density at radius 3 is 2.41 bits per heavy atom. The van der Waals surface area contributed by atoms with Crippen molar-refractivity contribution in [1.82, 2.24) is 20.4 Å². The van der Waals surface area contributed by atoms with Crippen molar-refractivity contribution in [3.8, 4) is 0 Å². The molecule has 1 atom stereocenters. The van der Waals surface area contributed by atoms with Crippen LogP contribution in [0.4, 0.5) is 13.2 Å². The van der Waals surface area contributed by atoms with Gasteiger partial charge in [0.15, 0.2) is 0 Å². The first kappa shape index (κ1) is 23.7. The molecule has 0 bridgehead atoms. The Kier molecular flexibility index (Phi) is 7.14. The summed E-state index contributed by atoms with van der Waals surface area (Å²) in [5, 5.41) is 12.8. The molecule has 0 spiro atoms. The van der Waals surface area contributed by atoms with E-state index in [-0.39, 0.29) is 24.1 Å². The van der Waals surface area contributed by atoms with Gasteiger partial charge in [-0.2, -0.15) is 13.2 Å². The summed E-state index contributed by atoms with van der Waals surface area (Å²) in [5.41, 5.74) is 2.87. The molecule has 3 aliphatic heterocycles. The Bertz CT molecular complexity index is 915. The maximum atomic E-state index is 12.8. The first-order chi connectivity index (χ1) is 15.1. The molecule has 3 heterocycles. The summed E-state index contributed by atoms with van der Waals surface area (Å²) in [6.45, 7) is 5.22. The number of nitrogens with one attached hydrogen (secondary N) is 2. The predicted octanol–water partition coefficient (Wildman–Crippen LogP) is 0.486. The van der Waals surface area contributed by atoms with Crippen molar-refractivity contribution >= 4 is 23.7 Å². The number of carbonyl (C=O) groups excluding carboxylic acids is 3. The third-order valence-electron chi connectivity index (χ3n) is 5.53. The fourth-order valence-electron chi connectivity index (χ4n) is 3.91. The highest BCUT2D eigenvalue weighted by Crippen LogP contribution is 2.30. The van der Waals surface area contributed by atoms with E-state index < -0.39 is 18.2 Å². The van der Waals surface area contributed by atoms with E-state index in [1.165, 1.54) is 0 Å². The first-order valence-electron chi connectivity index (χ1n) is 10.1. The fourth-order valence-corrected chi connectivity index (χ4v) is 3.91. The summed E-state index contributed by atoms with van der Waals surface area (Å²) in [5.74, 6) is -3.48. The molecular formula is C20H23F3N4O5. The van der Waals surface area contributed by atoms with Gasteiger partial charge in [-0.15, -0.1) is 0 Å². The lowest BCUT2D eigenvalue weighted by Gasteiger charge is -2.29. The monoisotopic (exact) mass is 456 g/mol. The summed E-state index contributed by atoms with van der Waals surface area (Å²) in [6.07, 6.45) is -4.40. The van der Waals surface area contributed by atoms with Gasteiger partial charge >= 0.3 is 12.1 Å². The number of alkyl halides is 3. The Morgan fingerprint density at radius 2 is 1.81 bits per heavy atom. The van der Waals surface area contributed by atoms with Gasteiger partial charge in [-0.05, 0) is 23.6 Å². The summed E-state index contributed by atoms with van der Waals surface area (Å²) < 4.78 is 31.7. The molecule has 1 unspecified atom stereocenters. The van der Waals surface area contributed by atoms with Crippen LogP contribution in [0.2, 0.25) is 0 Å². The number of carboxylic acids is 1. The van der Waals surface area contributed by atoms with E-state index in [0.29, 0.717) is 18.5 Å². The highest BCUT2D eigenvalue weighted by molar-refractivity contribution is 6.05. The summed E-state index contributed by atoms with van der Waals surface area (Å²) in [7, 11) is 0. The van der Waals surface area contributed by atoms with Crippen molar-refractivity contribution in [1.29, 1.82) is 0 Å². The molecule has 1 aromatic carbocycles. The largest absolute Gasteiger partial charge is 0.490 e. The Labute approximate surface area is 181 Å². The standard InChI is InChI=1S/C18H22N4O3.C2HF3O2/c23-16-5-4-15(17(24)20-16)22-11-14-12(2-1-3-13(14)18(22)25)10-21-8-6-19-7-9-21;3-2(4,5)1(6)7/h1-3,15,19H,4-11H2,(H,20,23,24);(H,6,7).